The zero-order valence-electron chi connectivity index (χ0n) is 17.2. The highest BCUT2D eigenvalue weighted by molar-refractivity contribution is 6.31. The van der Waals surface area contributed by atoms with Gasteiger partial charge in [-0.25, -0.2) is 4.79 Å². The summed E-state index contributed by atoms with van der Waals surface area (Å²) in [6.45, 7) is 2.75. The second kappa shape index (κ2) is 10.0. The lowest BCUT2D eigenvalue weighted by Gasteiger charge is -2.12. The molecular formula is C21H21ClN2O7. The van der Waals surface area contributed by atoms with Crippen molar-refractivity contribution in [3.63, 3.8) is 0 Å². The number of nitrogens with zero attached hydrogens (tertiary/aromatic N) is 1. The summed E-state index contributed by atoms with van der Waals surface area (Å²) in [5, 5.41) is 7.01. The van der Waals surface area contributed by atoms with E-state index in [1.165, 1.54) is 7.11 Å². The molecule has 1 amide bonds. The minimum Gasteiger partial charge on any atom is -0.495 e. The Morgan fingerprint density at radius 3 is 2.71 bits per heavy atom. The average Bonchev–Trinajstić information content (AvgIpc) is 3.22. The molecule has 1 N–H and O–H groups in total. The largest absolute Gasteiger partial charge is 0.495 e. The van der Waals surface area contributed by atoms with Crippen LogP contribution in [0.1, 0.15) is 18.1 Å². The standard InChI is InChI=1S/C21H21ClN2O7/c1-12-6-16(18(27-3)8-15(12)22)23-20(25)9-28-21(26)10-31-24-13(2)14-4-5-17-19(7-14)30-11-29-17/h4-8H,9-11H2,1-3H3,(H,23,25)/b24-13+. The number of amides is 1. The van der Waals surface area contributed by atoms with Gasteiger partial charge in [-0.05, 0) is 43.7 Å². The molecule has 0 atom stereocenters. The summed E-state index contributed by atoms with van der Waals surface area (Å²) in [6, 6.07) is 8.58. The van der Waals surface area contributed by atoms with Crippen molar-refractivity contribution in [2.45, 2.75) is 13.8 Å². The molecule has 0 spiro atoms. The van der Waals surface area contributed by atoms with Gasteiger partial charge in [0, 0.05) is 16.7 Å². The van der Waals surface area contributed by atoms with E-state index in [0.29, 0.717) is 33.7 Å². The second-order valence-corrected chi connectivity index (χ2v) is 6.94. The molecule has 10 heteroatoms. The maximum atomic E-state index is 12.1. The lowest BCUT2D eigenvalue weighted by Crippen LogP contribution is -2.23. The number of methoxy groups -OCH3 is 1. The molecule has 164 valence electrons. The van der Waals surface area contributed by atoms with E-state index < -0.39 is 25.1 Å². The first kappa shape index (κ1) is 22.2. The average molecular weight is 449 g/mol. The topological polar surface area (TPSA) is 105 Å². The van der Waals surface area contributed by atoms with E-state index >= 15 is 0 Å². The predicted molar refractivity (Wildman–Crippen MR) is 113 cm³/mol. The number of rotatable bonds is 8. The van der Waals surface area contributed by atoms with E-state index in [1.807, 2.05) is 0 Å². The van der Waals surface area contributed by atoms with Gasteiger partial charge in [0.15, 0.2) is 18.1 Å². The van der Waals surface area contributed by atoms with Gasteiger partial charge in [-0.1, -0.05) is 16.8 Å². The van der Waals surface area contributed by atoms with Gasteiger partial charge in [-0.15, -0.1) is 0 Å². The summed E-state index contributed by atoms with van der Waals surface area (Å²) in [6.07, 6.45) is 0. The summed E-state index contributed by atoms with van der Waals surface area (Å²) in [5.41, 5.74) is 2.47. The Hall–Kier alpha value is -3.46. The Morgan fingerprint density at radius 1 is 1.16 bits per heavy atom. The molecule has 2 aromatic rings. The molecule has 9 nitrogen and oxygen atoms in total. The van der Waals surface area contributed by atoms with Crippen molar-refractivity contribution in [2.24, 2.45) is 5.16 Å². The number of hydrogen-bond acceptors (Lipinski definition) is 8. The molecule has 3 rings (SSSR count). The van der Waals surface area contributed by atoms with Crippen LogP contribution in [0.15, 0.2) is 35.5 Å². The Bertz CT molecular complexity index is 1020. The lowest BCUT2D eigenvalue weighted by molar-refractivity contribution is -0.151. The minimum absolute atomic E-state index is 0.176. The van der Waals surface area contributed by atoms with E-state index in [2.05, 4.69) is 10.5 Å². The quantitative estimate of drug-likeness (QED) is 0.375. The number of esters is 1. The van der Waals surface area contributed by atoms with Crippen LogP contribution in [0.5, 0.6) is 17.2 Å². The van der Waals surface area contributed by atoms with Crippen molar-refractivity contribution in [1.29, 1.82) is 0 Å². The number of carbonyl (C=O) groups is 2. The highest BCUT2D eigenvalue weighted by atomic mass is 35.5. The zero-order valence-corrected chi connectivity index (χ0v) is 17.9. The van der Waals surface area contributed by atoms with Crippen LogP contribution in [-0.2, 0) is 19.2 Å². The number of halogens is 1. The van der Waals surface area contributed by atoms with Gasteiger partial charge in [0.05, 0.1) is 18.5 Å². The van der Waals surface area contributed by atoms with Gasteiger partial charge in [0.25, 0.3) is 5.91 Å². The van der Waals surface area contributed by atoms with Crippen LogP contribution in [-0.4, -0.2) is 44.7 Å². The van der Waals surface area contributed by atoms with Crippen molar-refractivity contribution in [3.05, 3.63) is 46.5 Å². The van der Waals surface area contributed by atoms with Crippen molar-refractivity contribution in [1.82, 2.24) is 0 Å². The highest BCUT2D eigenvalue weighted by Gasteiger charge is 2.15. The number of carbonyl (C=O) groups excluding carboxylic acids is 2. The van der Waals surface area contributed by atoms with E-state index in [-0.39, 0.29) is 6.79 Å². The molecule has 0 saturated heterocycles. The van der Waals surface area contributed by atoms with Gasteiger partial charge in [0.2, 0.25) is 13.4 Å². The molecule has 0 saturated carbocycles. The fourth-order valence-corrected chi connectivity index (χ4v) is 2.81. The van der Waals surface area contributed by atoms with Gasteiger partial charge < -0.3 is 29.1 Å². The number of hydrogen-bond donors (Lipinski definition) is 1. The van der Waals surface area contributed by atoms with Gasteiger partial charge in [-0.2, -0.15) is 0 Å². The summed E-state index contributed by atoms with van der Waals surface area (Å²) in [7, 11) is 1.46. The van der Waals surface area contributed by atoms with Crippen LogP contribution in [0, 0.1) is 6.92 Å². The summed E-state index contributed by atoms with van der Waals surface area (Å²) in [4.78, 5) is 28.9. The fourth-order valence-electron chi connectivity index (χ4n) is 2.66. The molecule has 31 heavy (non-hydrogen) atoms. The third-order valence-electron chi connectivity index (χ3n) is 4.29. The minimum atomic E-state index is -0.739. The van der Waals surface area contributed by atoms with Crippen LogP contribution in [0.3, 0.4) is 0 Å². The monoisotopic (exact) mass is 448 g/mol. The highest BCUT2D eigenvalue weighted by Crippen LogP contribution is 2.33. The zero-order chi connectivity index (χ0) is 22.4. The van der Waals surface area contributed by atoms with Crippen molar-refractivity contribution in [3.8, 4) is 17.2 Å². The lowest BCUT2D eigenvalue weighted by atomic mass is 10.1. The predicted octanol–water partition coefficient (Wildman–Crippen LogP) is 3.31. The first-order valence-electron chi connectivity index (χ1n) is 9.23. The number of benzene rings is 2. The molecule has 1 heterocycles. The molecule has 0 aromatic heterocycles. The van der Waals surface area contributed by atoms with Gasteiger partial charge in [0.1, 0.15) is 5.75 Å². The van der Waals surface area contributed by atoms with Gasteiger partial charge >= 0.3 is 5.97 Å². The Labute approximate surface area is 183 Å². The van der Waals surface area contributed by atoms with Crippen LogP contribution in [0.2, 0.25) is 5.02 Å². The van der Waals surface area contributed by atoms with E-state index in [0.717, 1.165) is 11.1 Å². The second-order valence-electron chi connectivity index (χ2n) is 6.53. The number of anilines is 1. The van der Waals surface area contributed by atoms with Crippen LogP contribution in [0.4, 0.5) is 5.69 Å². The summed E-state index contributed by atoms with van der Waals surface area (Å²) < 4.78 is 20.7. The Balaban J connectivity index is 1.45. The Kier molecular flexibility index (Phi) is 7.19. The van der Waals surface area contributed by atoms with Crippen LogP contribution < -0.4 is 19.5 Å². The van der Waals surface area contributed by atoms with Crippen molar-refractivity contribution in [2.75, 3.05) is 32.4 Å². The number of fused-ring (bicyclic) bond motifs is 1. The number of aryl methyl sites for hydroxylation is 1. The Morgan fingerprint density at radius 2 is 1.94 bits per heavy atom. The molecule has 0 fully saturated rings. The summed E-state index contributed by atoms with van der Waals surface area (Å²) in [5.74, 6) is 0.396. The van der Waals surface area contributed by atoms with Crippen molar-refractivity contribution >= 4 is 34.9 Å². The third kappa shape index (κ3) is 5.79. The number of nitrogens with one attached hydrogen (secondary N) is 1. The van der Waals surface area contributed by atoms with Crippen molar-refractivity contribution < 1.29 is 33.4 Å². The first-order chi connectivity index (χ1) is 14.9. The van der Waals surface area contributed by atoms with Gasteiger partial charge in [-0.3, -0.25) is 4.79 Å². The molecule has 2 aromatic carbocycles. The molecule has 0 bridgehead atoms. The number of oxime groups is 1. The molecule has 0 radical (unpaired) electrons. The first-order valence-corrected chi connectivity index (χ1v) is 9.61. The van der Waals surface area contributed by atoms with E-state index in [4.69, 9.17) is 35.4 Å². The molecule has 1 aliphatic heterocycles. The molecule has 0 aliphatic carbocycles. The van der Waals surface area contributed by atoms with E-state index in [9.17, 15) is 9.59 Å². The molecular weight excluding hydrogens is 428 g/mol. The maximum absolute atomic E-state index is 12.1. The number of ether oxygens (including phenoxy) is 4. The van der Waals surface area contributed by atoms with E-state index in [1.54, 1.807) is 44.2 Å². The normalized spacial score (nSPS) is 12.3. The smallest absolute Gasteiger partial charge is 0.347 e. The summed E-state index contributed by atoms with van der Waals surface area (Å²) >= 11 is 6.04. The third-order valence-corrected chi connectivity index (χ3v) is 4.70. The van der Waals surface area contributed by atoms with Crippen LogP contribution >= 0.6 is 11.6 Å². The SMILES string of the molecule is COc1cc(Cl)c(C)cc1NC(=O)COC(=O)CO/N=C(\C)c1ccc2c(c1)OCO2. The molecule has 0 unspecified atom stereocenters. The maximum Gasteiger partial charge on any atom is 0.347 e. The van der Waals surface area contributed by atoms with Crippen LogP contribution in [0.25, 0.3) is 0 Å². The fraction of sp³-hybridized carbons (Fsp3) is 0.286. The molecule has 1 aliphatic rings.